The van der Waals surface area contributed by atoms with Crippen molar-refractivity contribution in [3.63, 3.8) is 0 Å². The first-order valence-electron chi connectivity index (χ1n) is 8.69. The lowest BCUT2D eigenvalue weighted by molar-refractivity contribution is -0.144. The zero-order valence-electron chi connectivity index (χ0n) is 14.9. The third-order valence-electron chi connectivity index (χ3n) is 4.98. The molecule has 2 saturated heterocycles. The van der Waals surface area contributed by atoms with Gasteiger partial charge in [0, 0.05) is 25.2 Å². The van der Waals surface area contributed by atoms with Crippen LogP contribution in [0, 0.1) is 5.92 Å². The number of piperidine rings is 1. The normalized spacial score (nSPS) is 22.9. The second-order valence-corrected chi connectivity index (χ2v) is 6.75. The van der Waals surface area contributed by atoms with Crippen molar-refractivity contribution in [1.29, 1.82) is 0 Å². The van der Waals surface area contributed by atoms with Crippen molar-refractivity contribution in [1.82, 2.24) is 10.2 Å². The van der Waals surface area contributed by atoms with Crippen LogP contribution >= 0.6 is 0 Å². The van der Waals surface area contributed by atoms with Gasteiger partial charge in [0.2, 0.25) is 0 Å². The molecule has 140 valence electrons. The van der Waals surface area contributed by atoms with Gasteiger partial charge in [0.15, 0.2) is 0 Å². The number of methoxy groups -OCH3 is 1. The van der Waals surface area contributed by atoms with Crippen LogP contribution in [0.3, 0.4) is 0 Å². The molecule has 0 radical (unpaired) electrons. The predicted octanol–water partition coefficient (Wildman–Crippen LogP) is 1.55. The number of aliphatic carboxylic acids is 1. The molecule has 2 heterocycles. The number of anilines is 1. The Labute approximate surface area is 151 Å². The summed E-state index contributed by atoms with van der Waals surface area (Å²) < 4.78 is 5.32. The van der Waals surface area contributed by atoms with Gasteiger partial charge in [-0.3, -0.25) is 9.69 Å². The van der Waals surface area contributed by atoms with Crippen molar-refractivity contribution >= 4 is 23.6 Å². The smallest absolute Gasteiger partial charge is 0.326 e. The number of nitrogens with zero attached hydrogens (tertiary/aromatic N) is 2. The molecule has 0 spiro atoms. The molecule has 2 atom stereocenters. The Morgan fingerprint density at radius 3 is 2.69 bits per heavy atom. The number of ether oxygens (including phenoxy) is 1. The van der Waals surface area contributed by atoms with E-state index in [1.165, 1.54) is 16.9 Å². The van der Waals surface area contributed by atoms with Crippen molar-refractivity contribution in [2.45, 2.75) is 25.8 Å². The summed E-state index contributed by atoms with van der Waals surface area (Å²) in [6.45, 7) is 3.40. The number of urea groups is 1. The number of carbonyl (C=O) groups excluding carboxylic acids is 2. The Morgan fingerprint density at radius 1 is 1.31 bits per heavy atom. The third kappa shape index (κ3) is 3.31. The SMILES string of the molecule is COc1ccc(C(=O)N2CCC(C)CC2C(=O)O)cc1N1CCNC1=O. The van der Waals surface area contributed by atoms with Gasteiger partial charge in [-0.2, -0.15) is 0 Å². The maximum absolute atomic E-state index is 13.0. The lowest BCUT2D eigenvalue weighted by Gasteiger charge is -2.36. The Hall–Kier alpha value is -2.77. The van der Waals surface area contributed by atoms with Gasteiger partial charge in [-0.25, -0.2) is 9.59 Å². The molecule has 2 unspecified atom stereocenters. The largest absolute Gasteiger partial charge is 0.495 e. The predicted molar refractivity (Wildman–Crippen MR) is 94.6 cm³/mol. The van der Waals surface area contributed by atoms with E-state index in [2.05, 4.69) is 5.32 Å². The highest BCUT2D eigenvalue weighted by molar-refractivity contribution is 6.01. The molecule has 26 heavy (non-hydrogen) atoms. The number of amides is 3. The number of nitrogens with one attached hydrogen (secondary N) is 1. The lowest BCUT2D eigenvalue weighted by atomic mass is 9.92. The van der Waals surface area contributed by atoms with Crippen molar-refractivity contribution in [2.24, 2.45) is 5.92 Å². The summed E-state index contributed by atoms with van der Waals surface area (Å²) in [5, 5.41) is 12.2. The topological polar surface area (TPSA) is 99.2 Å². The highest BCUT2D eigenvalue weighted by atomic mass is 16.5. The standard InChI is InChI=1S/C18H23N3O5/c1-11-5-7-20(14(9-11)17(23)24)16(22)12-3-4-15(26-2)13(10-12)21-8-6-19-18(21)25/h3-4,10-11,14H,5-9H2,1-2H3,(H,19,25)(H,23,24). The fraction of sp³-hybridized carbons (Fsp3) is 0.500. The van der Waals surface area contributed by atoms with E-state index in [4.69, 9.17) is 4.74 Å². The molecule has 2 aliphatic heterocycles. The average molecular weight is 361 g/mol. The molecule has 8 nitrogen and oxygen atoms in total. The molecule has 2 fully saturated rings. The summed E-state index contributed by atoms with van der Waals surface area (Å²) in [5.41, 5.74) is 0.854. The van der Waals surface area contributed by atoms with Gasteiger partial charge in [0.1, 0.15) is 11.8 Å². The first kappa shape index (κ1) is 18.0. The van der Waals surface area contributed by atoms with E-state index >= 15 is 0 Å². The molecule has 2 N–H and O–H groups in total. The minimum absolute atomic E-state index is 0.247. The second kappa shape index (κ2) is 7.23. The third-order valence-corrected chi connectivity index (χ3v) is 4.98. The summed E-state index contributed by atoms with van der Waals surface area (Å²) in [5.74, 6) is -0.578. The monoisotopic (exact) mass is 361 g/mol. The van der Waals surface area contributed by atoms with Gasteiger partial charge in [-0.1, -0.05) is 6.92 Å². The van der Waals surface area contributed by atoms with Crippen LogP contribution in [-0.4, -0.2) is 60.7 Å². The van der Waals surface area contributed by atoms with Crippen LogP contribution < -0.4 is 15.0 Å². The van der Waals surface area contributed by atoms with E-state index in [9.17, 15) is 19.5 Å². The second-order valence-electron chi connectivity index (χ2n) is 6.75. The number of hydrogen-bond acceptors (Lipinski definition) is 4. The van der Waals surface area contributed by atoms with Crippen LogP contribution in [0.25, 0.3) is 0 Å². The molecular formula is C18H23N3O5. The number of hydrogen-bond donors (Lipinski definition) is 2. The Morgan fingerprint density at radius 2 is 2.08 bits per heavy atom. The van der Waals surface area contributed by atoms with Crippen LogP contribution in [0.5, 0.6) is 5.75 Å². The highest BCUT2D eigenvalue weighted by Gasteiger charge is 2.35. The van der Waals surface area contributed by atoms with Gasteiger partial charge in [-0.15, -0.1) is 0 Å². The van der Waals surface area contributed by atoms with E-state index in [0.29, 0.717) is 43.1 Å². The van der Waals surface area contributed by atoms with E-state index in [-0.39, 0.29) is 17.9 Å². The van der Waals surface area contributed by atoms with Crippen LogP contribution in [0.2, 0.25) is 0 Å². The molecule has 3 amide bonds. The Balaban J connectivity index is 1.92. The van der Waals surface area contributed by atoms with Crippen LogP contribution in [0.4, 0.5) is 10.5 Å². The summed E-state index contributed by atoms with van der Waals surface area (Å²) >= 11 is 0. The molecule has 0 saturated carbocycles. The highest BCUT2D eigenvalue weighted by Crippen LogP contribution is 2.32. The molecule has 8 heteroatoms. The molecule has 3 rings (SSSR count). The van der Waals surface area contributed by atoms with Gasteiger partial charge in [0.25, 0.3) is 5.91 Å². The summed E-state index contributed by atoms with van der Waals surface area (Å²) in [6.07, 6.45) is 1.21. The van der Waals surface area contributed by atoms with Crippen molar-refractivity contribution in [3.8, 4) is 5.75 Å². The maximum atomic E-state index is 13.0. The molecule has 0 aromatic heterocycles. The van der Waals surface area contributed by atoms with Crippen molar-refractivity contribution < 1.29 is 24.2 Å². The molecule has 1 aromatic rings. The fourth-order valence-corrected chi connectivity index (χ4v) is 3.52. The van der Waals surface area contributed by atoms with Crippen molar-refractivity contribution in [2.75, 3.05) is 31.6 Å². The number of rotatable bonds is 4. The van der Waals surface area contributed by atoms with E-state index < -0.39 is 12.0 Å². The molecule has 0 bridgehead atoms. The number of likely N-dealkylation sites (tertiary alicyclic amines) is 1. The van der Waals surface area contributed by atoms with Crippen LogP contribution in [-0.2, 0) is 4.79 Å². The zero-order chi connectivity index (χ0) is 18.8. The summed E-state index contributed by atoms with van der Waals surface area (Å²) in [6, 6.07) is 3.77. The van der Waals surface area contributed by atoms with Crippen LogP contribution in [0.1, 0.15) is 30.1 Å². The molecule has 2 aliphatic rings. The Kier molecular flexibility index (Phi) is 5.01. The van der Waals surface area contributed by atoms with Crippen LogP contribution in [0.15, 0.2) is 18.2 Å². The number of carboxylic acid groups (broad SMARTS) is 1. The summed E-state index contributed by atoms with van der Waals surface area (Å²) in [4.78, 5) is 39.5. The van der Waals surface area contributed by atoms with E-state index in [1.807, 2.05) is 6.92 Å². The van der Waals surface area contributed by atoms with Gasteiger partial charge >= 0.3 is 12.0 Å². The average Bonchev–Trinajstić information content (AvgIpc) is 3.06. The minimum atomic E-state index is -0.988. The number of carbonyl (C=O) groups is 3. The Bertz CT molecular complexity index is 736. The van der Waals surface area contributed by atoms with E-state index in [1.54, 1.807) is 18.2 Å². The minimum Gasteiger partial charge on any atom is -0.495 e. The quantitative estimate of drug-likeness (QED) is 0.848. The molecule has 1 aromatic carbocycles. The molecule has 0 aliphatic carbocycles. The lowest BCUT2D eigenvalue weighted by Crippen LogP contribution is -2.49. The number of benzene rings is 1. The zero-order valence-corrected chi connectivity index (χ0v) is 14.9. The first-order valence-corrected chi connectivity index (χ1v) is 8.69. The van der Waals surface area contributed by atoms with Gasteiger partial charge in [-0.05, 0) is 37.0 Å². The molecular weight excluding hydrogens is 338 g/mol. The number of carboxylic acids is 1. The van der Waals surface area contributed by atoms with Gasteiger partial charge in [0.05, 0.1) is 12.8 Å². The van der Waals surface area contributed by atoms with Gasteiger partial charge < -0.3 is 20.1 Å². The fourth-order valence-electron chi connectivity index (χ4n) is 3.52. The van der Waals surface area contributed by atoms with Crippen molar-refractivity contribution in [3.05, 3.63) is 23.8 Å². The van der Waals surface area contributed by atoms with E-state index in [0.717, 1.165) is 6.42 Å². The maximum Gasteiger partial charge on any atom is 0.326 e. The first-order chi connectivity index (χ1) is 12.4. The summed E-state index contributed by atoms with van der Waals surface area (Å²) in [7, 11) is 1.50.